The molecule has 1 rings (SSSR count). The van der Waals surface area contributed by atoms with E-state index in [1.807, 2.05) is 0 Å². The van der Waals surface area contributed by atoms with E-state index >= 15 is 0 Å². The summed E-state index contributed by atoms with van der Waals surface area (Å²) in [6.07, 6.45) is -4.78. The highest BCUT2D eigenvalue weighted by Crippen LogP contribution is 2.22. The van der Waals surface area contributed by atoms with Gasteiger partial charge in [0.1, 0.15) is 5.75 Å². The Morgan fingerprint density at radius 3 is 2.23 bits per heavy atom. The highest BCUT2D eigenvalue weighted by molar-refractivity contribution is 5.96. The molecule has 0 spiro atoms. The Kier molecular flexibility index (Phi) is 5.78. The molecule has 0 aliphatic carbocycles. The van der Waals surface area contributed by atoms with Crippen molar-refractivity contribution in [2.75, 3.05) is 13.6 Å². The molecule has 0 fully saturated rings. The quantitative estimate of drug-likeness (QED) is 0.905. The summed E-state index contributed by atoms with van der Waals surface area (Å²) in [6.45, 7) is 3.44. The monoisotopic (exact) mass is 318 g/mol. The third kappa shape index (κ3) is 6.02. The first-order chi connectivity index (χ1) is 10.1. The molecule has 0 unspecified atom stereocenters. The summed E-state index contributed by atoms with van der Waals surface area (Å²) in [5.74, 6) is -1.20. The van der Waals surface area contributed by atoms with Crippen LogP contribution in [-0.2, 0) is 4.79 Å². The average molecular weight is 318 g/mol. The third-order valence-electron chi connectivity index (χ3n) is 2.51. The Morgan fingerprint density at radius 1 is 1.23 bits per heavy atom. The summed E-state index contributed by atoms with van der Waals surface area (Å²) in [4.78, 5) is 24.8. The number of rotatable bonds is 5. The smallest absolute Gasteiger partial charge is 0.406 e. The van der Waals surface area contributed by atoms with Gasteiger partial charge in [0.25, 0.3) is 5.91 Å². The van der Waals surface area contributed by atoms with Crippen LogP contribution in [0.5, 0.6) is 5.75 Å². The molecule has 0 bridgehead atoms. The number of nitrogens with one attached hydrogen (secondary N) is 1. The Balaban J connectivity index is 2.67. The van der Waals surface area contributed by atoms with Gasteiger partial charge in [0.2, 0.25) is 5.91 Å². The zero-order valence-electron chi connectivity index (χ0n) is 12.4. The molecule has 0 saturated carbocycles. The molecular weight excluding hydrogens is 301 g/mol. The predicted molar refractivity (Wildman–Crippen MR) is 73.4 cm³/mol. The molecule has 122 valence electrons. The summed E-state index contributed by atoms with van der Waals surface area (Å²) >= 11 is 0. The largest absolute Gasteiger partial charge is 0.573 e. The Labute approximate surface area is 126 Å². The van der Waals surface area contributed by atoms with E-state index in [1.165, 1.54) is 24.1 Å². The van der Waals surface area contributed by atoms with Gasteiger partial charge in [-0.2, -0.15) is 0 Å². The summed E-state index contributed by atoms with van der Waals surface area (Å²) in [5.41, 5.74) is 0.161. The fourth-order valence-electron chi connectivity index (χ4n) is 1.67. The summed E-state index contributed by atoms with van der Waals surface area (Å²) in [7, 11) is 1.43. The van der Waals surface area contributed by atoms with Crippen molar-refractivity contribution in [1.29, 1.82) is 0 Å². The lowest BCUT2D eigenvalue weighted by Crippen LogP contribution is -2.40. The van der Waals surface area contributed by atoms with Crippen LogP contribution in [0.1, 0.15) is 24.2 Å². The van der Waals surface area contributed by atoms with Crippen LogP contribution in [0.25, 0.3) is 0 Å². The lowest BCUT2D eigenvalue weighted by atomic mass is 10.2. The van der Waals surface area contributed by atoms with E-state index in [1.54, 1.807) is 13.8 Å². The first-order valence-electron chi connectivity index (χ1n) is 6.49. The van der Waals surface area contributed by atoms with E-state index < -0.39 is 18.0 Å². The van der Waals surface area contributed by atoms with Gasteiger partial charge in [-0.3, -0.25) is 9.59 Å². The van der Waals surface area contributed by atoms with Gasteiger partial charge in [0.15, 0.2) is 0 Å². The molecule has 22 heavy (non-hydrogen) atoms. The molecule has 0 aliphatic heterocycles. The van der Waals surface area contributed by atoms with Gasteiger partial charge in [0, 0.05) is 18.7 Å². The molecule has 0 aliphatic rings. The molecule has 8 heteroatoms. The molecule has 0 heterocycles. The summed E-state index contributed by atoms with van der Waals surface area (Å²) in [6, 6.07) is 4.46. The van der Waals surface area contributed by atoms with Gasteiger partial charge in [-0.25, -0.2) is 0 Å². The first kappa shape index (κ1) is 17.8. The second-order valence-electron chi connectivity index (χ2n) is 4.96. The van der Waals surface area contributed by atoms with E-state index in [0.29, 0.717) is 0 Å². The second-order valence-corrected chi connectivity index (χ2v) is 4.96. The number of carbonyl (C=O) groups is 2. The molecule has 1 aromatic rings. The minimum atomic E-state index is -4.78. The van der Waals surface area contributed by atoms with E-state index in [0.717, 1.165) is 12.1 Å². The highest BCUT2D eigenvalue weighted by Gasteiger charge is 2.31. The maximum atomic E-state index is 12.0. The number of benzene rings is 1. The van der Waals surface area contributed by atoms with Crippen LogP contribution in [0, 0.1) is 0 Å². The van der Waals surface area contributed by atoms with Crippen molar-refractivity contribution in [3.63, 3.8) is 0 Å². The number of hydrogen-bond acceptors (Lipinski definition) is 3. The van der Waals surface area contributed by atoms with Crippen LogP contribution in [0.2, 0.25) is 0 Å². The topological polar surface area (TPSA) is 58.6 Å². The van der Waals surface area contributed by atoms with Crippen molar-refractivity contribution in [2.45, 2.75) is 26.3 Å². The number of halogens is 3. The molecule has 0 aromatic heterocycles. The minimum Gasteiger partial charge on any atom is -0.406 e. The van der Waals surface area contributed by atoms with Crippen molar-refractivity contribution in [1.82, 2.24) is 10.2 Å². The molecule has 0 radical (unpaired) electrons. The summed E-state index contributed by atoms with van der Waals surface area (Å²) in [5, 5.41) is 2.64. The zero-order chi connectivity index (χ0) is 16.9. The maximum absolute atomic E-state index is 12.0. The average Bonchev–Trinajstić information content (AvgIpc) is 2.35. The number of amides is 2. The van der Waals surface area contributed by atoms with Crippen molar-refractivity contribution < 1.29 is 27.5 Å². The molecular formula is C14H17F3N2O3. The van der Waals surface area contributed by atoms with Gasteiger partial charge in [-0.1, -0.05) is 0 Å². The fraction of sp³-hybridized carbons (Fsp3) is 0.429. The number of hydrogen-bond donors (Lipinski definition) is 1. The highest BCUT2D eigenvalue weighted by atomic mass is 19.4. The number of carbonyl (C=O) groups excluding carboxylic acids is 2. The molecule has 5 nitrogen and oxygen atoms in total. The molecule has 1 N–H and O–H groups in total. The number of ether oxygens (including phenoxy) is 1. The SMILES string of the molecule is CC(C)NC(=O)CN(C)C(=O)c1ccc(OC(F)(F)F)cc1. The zero-order valence-corrected chi connectivity index (χ0v) is 12.4. The van der Waals surface area contributed by atoms with Crippen LogP contribution in [0.3, 0.4) is 0 Å². The standard InChI is InChI=1S/C14H17F3N2O3/c1-9(2)18-12(20)8-19(3)13(21)10-4-6-11(7-5-10)22-14(15,16)17/h4-7,9H,8H2,1-3H3,(H,18,20). The lowest BCUT2D eigenvalue weighted by Gasteiger charge is -2.18. The van der Waals surface area contributed by atoms with Crippen LogP contribution in [0.4, 0.5) is 13.2 Å². The van der Waals surface area contributed by atoms with Crippen LogP contribution in [-0.4, -0.2) is 42.7 Å². The minimum absolute atomic E-state index is 0.0465. The third-order valence-corrected chi connectivity index (χ3v) is 2.51. The van der Waals surface area contributed by atoms with Gasteiger partial charge in [0.05, 0.1) is 6.54 Å². The van der Waals surface area contributed by atoms with Crippen molar-refractivity contribution in [2.24, 2.45) is 0 Å². The van der Waals surface area contributed by atoms with E-state index in [4.69, 9.17) is 0 Å². The van der Waals surface area contributed by atoms with Crippen LogP contribution >= 0.6 is 0 Å². The Bertz CT molecular complexity index is 527. The van der Waals surface area contributed by atoms with Crippen molar-refractivity contribution >= 4 is 11.8 Å². The van der Waals surface area contributed by atoms with Gasteiger partial charge >= 0.3 is 6.36 Å². The summed E-state index contributed by atoms with van der Waals surface area (Å²) < 4.78 is 39.8. The molecule has 2 amide bonds. The normalized spacial score (nSPS) is 11.2. The Morgan fingerprint density at radius 2 is 1.77 bits per heavy atom. The van der Waals surface area contributed by atoms with Gasteiger partial charge in [-0.05, 0) is 38.1 Å². The number of likely N-dealkylation sites (N-methyl/N-ethyl adjacent to an activating group) is 1. The van der Waals surface area contributed by atoms with E-state index in [2.05, 4.69) is 10.1 Å². The predicted octanol–water partition coefficient (Wildman–Crippen LogP) is 2.18. The molecule has 0 saturated heterocycles. The van der Waals surface area contributed by atoms with Crippen LogP contribution < -0.4 is 10.1 Å². The Hall–Kier alpha value is -2.25. The van der Waals surface area contributed by atoms with Crippen molar-refractivity contribution in [3.8, 4) is 5.75 Å². The van der Waals surface area contributed by atoms with E-state index in [9.17, 15) is 22.8 Å². The second kappa shape index (κ2) is 7.15. The van der Waals surface area contributed by atoms with Gasteiger partial charge < -0.3 is 15.0 Å². The van der Waals surface area contributed by atoms with Crippen molar-refractivity contribution in [3.05, 3.63) is 29.8 Å². The van der Waals surface area contributed by atoms with E-state index in [-0.39, 0.29) is 24.1 Å². The number of alkyl halides is 3. The first-order valence-corrected chi connectivity index (χ1v) is 6.49. The maximum Gasteiger partial charge on any atom is 0.573 e. The molecule has 0 atom stereocenters. The number of nitrogens with zero attached hydrogens (tertiary/aromatic N) is 1. The van der Waals surface area contributed by atoms with Crippen LogP contribution in [0.15, 0.2) is 24.3 Å². The van der Waals surface area contributed by atoms with Gasteiger partial charge in [-0.15, -0.1) is 13.2 Å². The molecule has 1 aromatic carbocycles. The fourth-order valence-corrected chi connectivity index (χ4v) is 1.67. The lowest BCUT2D eigenvalue weighted by molar-refractivity contribution is -0.274.